The lowest BCUT2D eigenvalue weighted by Gasteiger charge is -1.99. The molecule has 1 heterocycles. The molecule has 0 aliphatic carbocycles. The molecule has 0 spiro atoms. The van der Waals surface area contributed by atoms with E-state index >= 15 is 0 Å². The number of nitrogens with two attached hydrogens (primary N) is 1. The van der Waals surface area contributed by atoms with E-state index in [0.29, 0.717) is 22.9 Å². The van der Waals surface area contributed by atoms with Crippen molar-refractivity contribution in [2.24, 2.45) is 0 Å². The average Bonchev–Trinajstić information content (AvgIpc) is 2.66. The summed E-state index contributed by atoms with van der Waals surface area (Å²) in [6.45, 7) is 0. The first-order valence-corrected chi connectivity index (χ1v) is 4.98. The van der Waals surface area contributed by atoms with Crippen LogP contribution in [0.3, 0.4) is 0 Å². The molecule has 2 rings (SSSR count). The first-order chi connectivity index (χ1) is 8.15. The van der Waals surface area contributed by atoms with Gasteiger partial charge < -0.3 is 14.9 Å². The molecule has 0 aliphatic rings. The minimum absolute atomic E-state index is 0.107. The molecular weight excluding hydrogens is 222 g/mol. The molecule has 0 saturated carbocycles. The van der Waals surface area contributed by atoms with Crippen molar-refractivity contribution in [2.75, 3.05) is 12.8 Å². The topological polar surface area (TPSA) is 82.5 Å². The van der Waals surface area contributed by atoms with Gasteiger partial charge in [-0.3, -0.25) is 9.59 Å². The van der Waals surface area contributed by atoms with Crippen LogP contribution in [0.5, 0.6) is 0 Å². The Kier molecular flexibility index (Phi) is 2.82. The number of benzene rings is 1. The second kappa shape index (κ2) is 4.29. The lowest BCUT2D eigenvalue weighted by molar-refractivity contribution is -0.139. The number of ether oxygens (including phenoxy) is 1. The molecule has 1 aromatic carbocycles. The van der Waals surface area contributed by atoms with Crippen LogP contribution >= 0.6 is 0 Å². The summed E-state index contributed by atoms with van der Waals surface area (Å²) in [4.78, 5) is 21.8. The Morgan fingerprint density at radius 2 is 2.29 bits per heavy atom. The third-order valence-corrected chi connectivity index (χ3v) is 2.50. The first-order valence-electron chi connectivity index (χ1n) is 4.98. The Morgan fingerprint density at radius 1 is 1.53 bits per heavy atom. The maximum absolute atomic E-state index is 11.1. The van der Waals surface area contributed by atoms with E-state index < -0.39 is 0 Å². The molecule has 2 aromatic rings. The number of fused-ring (bicyclic) bond motifs is 1. The second-order valence-electron chi connectivity index (χ2n) is 3.58. The zero-order valence-electron chi connectivity index (χ0n) is 9.23. The summed E-state index contributed by atoms with van der Waals surface area (Å²) >= 11 is 0. The Morgan fingerprint density at radius 3 is 2.94 bits per heavy atom. The SMILES string of the molecule is COC(=O)Cc1ccc2oc(C=O)c(N)c2c1. The minimum Gasteiger partial charge on any atom is -0.469 e. The van der Waals surface area contributed by atoms with E-state index in [1.807, 2.05) is 0 Å². The largest absolute Gasteiger partial charge is 0.469 e. The third kappa shape index (κ3) is 1.99. The van der Waals surface area contributed by atoms with Crippen molar-refractivity contribution in [2.45, 2.75) is 6.42 Å². The molecule has 0 radical (unpaired) electrons. The molecule has 0 bridgehead atoms. The summed E-state index contributed by atoms with van der Waals surface area (Å²) in [6.07, 6.45) is 0.725. The maximum Gasteiger partial charge on any atom is 0.309 e. The predicted molar refractivity (Wildman–Crippen MR) is 61.7 cm³/mol. The molecule has 0 aliphatic heterocycles. The standard InChI is InChI=1S/C12H11NO4/c1-16-11(15)5-7-2-3-9-8(4-7)12(13)10(6-14)17-9/h2-4,6H,5,13H2,1H3. The number of carbonyl (C=O) groups excluding carboxylic acids is 2. The Bertz CT molecular complexity index is 585. The van der Waals surface area contributed by atoms with E-state index in [0.717, 1.165) is 5.56 Å². The van der Waals surface area contributed by atoms with Gasteiger partial charge in [0.1, 0.15) is 5.58 Å². The van der Waals surface area contributed by atoms with Gasteiger partial charge in [0.25, 0.3) is 0 Å². The van der Waals surface area contributed by atoms with Crippen LogP contribution in [0.2, 0.25) is 0 Å². The molecule has 0 unspecified atom stereocenters. The van der Waals surface area contributed by atoms with Crippen LogP contribution in [-0.4, -0.2) is 19.4 Å². The van der Waals surface area contributed by atoms with E-state index in [9.17, 15) is 9.59 Å². The number of hydrogen-bond donors (Lipinski definition) is 1. The van der Waals surface area contributed by atoms with Crippen molar-refractivity contribution < 1.29 is 18.7 Å². The first kappa shape index (κ1) is 11.2. The van der Waals surface area contributed by atoms with Gasteiger partial charge >= 0.3 is 5.97 Å². The molecule has 0 amide bonds. The fourth-order valence-electron chi connectivity index (χ4n) is 1.62. The van der Waals surface area contributed by atoms with Gasteiger partial charge in [-0.1, -0.05) is 6.07 Å². The zero-order valence-corrected chi connectivity index (χ0v) is 9.23. The zero-order chi connectivity index (χ0) is 12.4. The fourth-order valence-corrected chi connectivity index (χ4v) is 1.62. The lowest BCUT2D eigenvalue weighted by Crippen LogP contribution is -2.04. The number of esters is 1. The summed E-state index contributed by atoms with van der Waals surface area (Å²) in [6, 6.07) is 5.13. The summed E-state index contributed by atoms with van der Waals surface area (Å²) in [5.74, 6) is -0.225. The highest BCUT2D eigenvalue weighted by Gasteiger charge is 2.12. The Hall–Kier alpha value is -2.30. The van der Waals surface area contributed by atoms with E-state index in [4.69, 9.17) is 10.2 Å². The highest BCUT2D eigenvalue weighted by molar-refractivity contribution is 5.98. The molecule has 0 saturated heterocycles. The van der Waals surface area contributed by atoms with Gasteiger partial charge in [0.05, 0.1) is 19.2 Å². The van der Waals surface area contributed by atoms with Crippen molar-refractivity contribution in [1.29, 1.82) is 0 Å². The number of hydrogen-bond acceptors (Lipinski definition) is 5. The van der Waals surface area contributed by atoms with Crippen molar-refractivity contribution in [3.63, 3.8) is 0 Å². The molecule has 88 valence electrons. The summed E-state index contributed by atoms with van der Waals surface area (Å²) in [7, 11) is 1.33. The summed E-state index contributed by atoms with van der Waals surface area (Å²) < 4.78 is 9.80. The normalized spacial score (nSPS) is 10.4. The van der Waals surface area contributed by atoms with Gasteiger partial charge in [-0.2, -0.15) is 0 Å². The van der Waals surface area contributed by atoms with Crippen LogP contribution in [0.4, 0.5) is 5.69 Å². The summed E-state index contributed by atoms with van der Waals surface area (Å²) in [5, 5.41) is 0.633. The fraction of sp³-hybridized carbons (Fsp3) is 0.167. The average molecular weight is 233 g/mol. The summed E-state index contributed by atoms with van der Waals surface area (Å²) in [5.41, 5.74) is 7.32. The van der Waals surface area contributed by atoms with Crippen LogP contribution in [-0.2, 0) is 16.0 Å². The monoisotopic (exact) mass is 233 g/mol. The van der Waals surface area contributed by atoms with Gasteiger partial charge in [-0.05, 0) is 17.7 Å². The van der Waals surface area contributed by atoms with Crippen molar-refractivity contribution in [1.82, 2.24) is 0 Å². The van der Waals surface area contributed by atoms with Gasteiger partial charge in [-0.25, -0.2) is 0 Å². The number of aldehydes is 1. The van der Waals surface area contributed by atoms with Crippen LogP contribution < -0.4 is 5.73 Å². The van der Waals surface area contributed by atoms with E-state index in [1.165, 1.54) is 7.11 Å². The Labute approximate surface area is 97.1 Å². The number of rotatable bonds is 3. The predicted octanol–water partition coefficient (Wildman–Crippen LogP) is 1.54. The van der Waals surface area contributed by atoms with Gasteiger partial charge in [0.2, 0.25) is 0 Å². The smallest absolute Gasteiger partial charge is 0.309 e. The number of furan rings is 1. The molecule has 0 atom stereocenters. The highest BCUT2D eigenvalue weighted by atomic mass is 16.5. The molecule has 1 aromatic heterocycles. The molecule has 5 heteroatoms. The number of methoxy groups -OCH3 is 1. The van der Waals surface area contributed by atoms with Crippen LogP contribution in [0.25, 0.3) is 11.0 Å². The van der Waals surface area contributed by atoms with Crippen molar-refractivity contribution in [3.8, 4) is 0 Å². The van der Waals surface area contributed by atoms with Gasteiger partial charge in [0.15, 0.2) is 12.0 Å². The second-order valence-corrected chi connectivity index (χ2v) is 3.58. The van der Waals surface area contributed by atoms with Gasteiger partial charge in [0, 0.05) is 5.39 Å². The van der Waals surface area contributed by atoms with Crippen LogP contribution in [0.15, 0.2) is 22.6 Å². The molecular formula is C12H11NO4. The van der Waals surface area contributed by atoms with Crippen molar-refractivity contribution >= 4 is 28.9 Å². The van der Waals surface area contributed by atoms with E-state index in [1.54, 1.807) is 18.2 Å². The van der Waals surface area contributed by atoms with Gasteiger partial charge in [-0.15, -0.1) is 0 Å². The quantitative estimate of drug-likeness (QED) is 0.642. The molecule has 2 N–H and O–H groups in total. The van der Waals surface area contributed by atoms with Crippen LogP contribution in [0, 0.1) is 0 Å². The molecule has 17 heavy (non-hydrogen) atoms. The third-order valence-electron chi connectivity index (χ3n) is 2.50. The molecule has 5 nitrogen and oxygen atoms in total. The van der Waals surface area contributed by atoms with E-state index in [2.05, 4.69) is 4.74 Å². The maximum atomic E-state index is 11.1. The minimum atomic E-state index is -0.331. The molecule has 0 fully saturated rings. The number of nitrogen functional groups attached to an aromatic ring is 1. The van der Waals surface area contributed by atoms with E-state index in [-0.39, 0.29) is 18.2 Å². The lowest BCUT2D eigenvalue weighted by atomic mass is 10.1. The highest BCUT2D eigenvalue weighted by Crippen LogP contribution is 2.28. The number of carbonyl (C=O) groups is 2. The Balaban J connectivity index is 2.46. The number of anilines is 1. The van der Waals surface area contributed by atoms with Crippen LogP contribution in [0.1, 0.15) is 16.1 Å². The van der Waals surface area contributed by atoms with Crippen molar-refractivity contribution in [3.05, 3.63) is 29.5 Å².